The van der Waals surface area contributed by atoms with Crippen LogP contribution in [-0.4, -0.2) is 47.4 Å². The molecule has 1 amide bonds. The molecule has 448 valence electrons. The number of aliphatic hydroxyl groups is 2. The molecule has 0 saturated heterocycles. The van der Waals surface area contributed by atoms with Gasteiger partial charge in [0.1, 0.15) is 0 Å². The van der Waals surface area contributed by atoms with Gasteiger partial charge in [0.05, 0.1) is 25.4 Å². The molecule has 0 rings (SSSR count). The molecule has 0 heterocycles. The zero-order chi connectivity index (χ0) is 55.0. The number of hydrogen-bond donors (Lipinski definition) is 3. The summed E-state index contributed by atoms with van der Waals surface area (Å²) in [5, 5.41) is 23.2. The maximum absolute atomic E-state index is 12.5. The van der Waals surface area contributed by atoms with Crippen molar-refractivity contribution in [1.29, 1.82) is 0 Å². The van der Waals surface area contributed by atoms with Crippen LogP contribution in [0.25, 0.3) is 0 Å². The Morgan fingerprint density at radius 2 is 0.658 bits per heavy atom. The van der Waals surface area contributed by atoms with Crippen LogP contribution in [0.3, 0.4) is 0 Å². The van der Waals surface area contributed by atoms with Gasteiger partial charge in [-0.05, 0) is 64.2 Å². The van der Waals surface area contributed by atoms with Crippen molar-refractivity contribution in [2.45, 2.75) is 386 Å². The molecule has 0 fully saturated rings. The van der Waals surface area contributed by atoms with Gasteiger partial charge in [0, 0.05) is 12.8 Å². The van der Waals surface area contributed by atoms with Crippen molar-refractivity contribution in [3.05, 3.63) is 36.5 Å². The molecule has 0 radical (unpaired) electrons. The van der Waals surface area contributed by atoms with E-state index < -0.39 is 12.1 Å². The minimum Gasteiger partial charge on any atom is -0.466 e. The lowest BCUT2D eigenvalue weighted by molar-refractivity contribution is -0.143. The van der Waals surface area contributed by atoms with E-state index >= 15 is 0 Å². The lowest BCUT2D eigenvalue weighted by atomic mass is 10.0. The van der Waals surface area contributed by atoms with Gasteiger partial charge in [0.25, 0.3) is 0 Å². The average molecular weight is 1070 g/mol. The zero-order valence-electron chi connectivity index (χ0n) is 51.3. The van der Waals surface area contributed by atoms with Crippen molar-refractivity contribution < 1.29 is 24.5 Å². The normalized spacial score (nSPS) is 12.7. The van der Waals surface area contributed by atoms with E-state index in [1.54, 1.807) is 6.08 Å². The minimum atomic E-state index is -0.845. The highest BCUT2D eigenvalue weighted by Gasteiger charge is 2.18. The number of aliphatic hydroxyl groups excluding tert-OH is 2. The first-order valence-electron chi connectivity index (χ1n) is 34.3. The smallest absolute Gasteiger partial charge is 0.305 e. The first-order valence-corrected chi connectivity index (χ1v) is 34.3. The number of esters is 1. The molecule has 0 aromatic carbocycles. The van der Waals surface area contributed by atoms with Crippen LogP contribution < -0.4 is 5.32 Å². The van der Waals surface area contributed by atoms with Gasteiger partial charge in [-0.15, -0.1) is 0 Å². The lowest BCUT2D eigenvalue weighted by Gasteiger charge is -2.20. The van der Waals surface area contributed by atoms with Crippen LogP contribution >= 0.6 is 0 Å². The summed E-state index contributed by atoms with van der Waals surface area (Å²) < 4.78 is 5.48. The van der Waals surface area contributed by atoms with Gasteiger partial charge in [-0.3, -0.25) is 9.59 Å². The standard InChI is InChI=1S/C70H133NO5/c1-3-5-7-9-11-13-15-17-18-32-35-39-42-46-50-54-58-62-68(73)67(66-72)71-69(74)63-59-55-51-47-43-40-36-33-30-28-26-24-22-20-19-21-23-25-27-29-31-34-37-41-45-49-53-57-61-65-76-70(75)64-60-56-52-48-44-38-16-14-12-10-8-6-4-2/h19,21,25,27,58,62,67-68,72-73H,3-18,20,22-24,26,28-57,59-61,63-66H2,1-2H3,(H,71,74)/b21-19-,27-25-,62-58+. The van der Waals surface area contributed by atoms with E-state index in [1.165, 1.54) is 302 Å². The van der Waals surface area contributed by atoms with E-state index in [0.717, 1.165) is 44.9 Å². The number of hydrogen-bond acceptors (Lipinski definition) is 5. The van der Waals surface area contributed by atoms with Crippen LogP contribution in [0.2, 0.25) is 0 Å². The Hall–Kier alpha value is -1.92. The molecule has 0 aliphatic heterocycles. The summed E-state index contributed by atoms with van der Waals surface area (Å²) in [4.78, 5) is 24.5. The Morgan fingerprint density at radius 3 is 1.00 bits per heavy atom. The van der Waals surface area contributed by atoms with Gasteiger partial charge in [-0.25, -0.2) is 0 Å². The van der Waals surface area contributed by atoms with Crippen molar-refractivity contribution in [2.24, 2.45) is 0 Å². The minimum absolute atomic E-state index is 0.0135. The van der Waals surface area contributed by atoms with Gasteiger partial charge in [-0.1, -0.05) is 333 Å². The highest BCUT2D eigenvalue weighted by molar-refractivity contribution is 5.76. The topological polar surface area (TPSA) is 95.9 Å². The van der Waals surface area contributed by atoms with Gasteiger partial charge >= 0.3 is 5.97 Å². The van der Waals surface area contributed by atoms with Crippen LogP contribution in [0.4, 0.5) is 0 Å². The second kappa shape index (κ2) is 65.6. The van der Waals surface area contributed by atoms with Gasteiger partial charge in [-0.2, -0.15) is 0 Å². The Labute approximate surface area is 474 Å². The quantitative estimate of drug-likeness (QED) is 0.0320. The van der Waals surface area contributed by atoms with Gasteiger partial charge in [0.2, 0.25) is 5.91 Å². The molecule has 0 bridgehead atoms. The maximum atomic E-state index is 12.5. The third kappa shape index (κ3) is 61.3. The fraction of sp³-hybridized carbons (Fsp3) is 0.886. The summed E-state index contributed by atoms with van der Waals surface area (Å²) in [6, 6.07) is -0.629. The van der Waals surface area contributed by atoms with Crippen LogP contribution in [0.1, 0.15) is 373 Å². The van der Waals surface area contributed by atoms with E-state index in [0.29, 0.717) is 19.4 Å². The summed E-state index contributed by atoms with van der Waals surface area (Å²) in [5.41, 5.74) is 0. The summed E-state index contributed by atoms with van der Waals surface area (Å²) >= 11 is 0. The second-order valence-electron chi connectivity index (χ2n) is 23.5. The summed E-state index contributed by atoms with van der Waals surface area (Å²) in [5.74, 6) is -0.0530. The Kier molecular flexibility index (Phi) is 63.9. The molecule has 6 nitrogen and oxygen atoms in total. The third-order valence-corrected chi connectivity index (χ3v) is 15.9. The van der Waals surface area contributed by atoms with Crippen molar-refractivity contribution in [3.63, 3.8) is 0 Å². The fourth-order valence-corrected chi connectivity index (χ4v) is 10.7. The first kappa shape index (κ1) is 74.1. The number of amides is 1. The molecular weight excluding hydrogens is 935 g/mol. The van der Waals surface area contributed by atoms with Crippen LogP contribution in [0.15, 0.2) is 36.5 Å². The Bertz CT molecular complexity index is 1230. The van der Waals surface area contributed by atoms with Crippen molar-refractivity contribution in [3.8, 4) is 0 Å². The Balaban J connectivity index is 3.42. The molecule has 0 saturated carbocycles. The molecular formula is C70H133NO5. The molecule has 0 spiro atoms. The first-order chi connectivity index (χ1) is 37.5. The van der Waals surface area contributed by atoms with Crippen molar-refractivity contribution in [2.75, 3.05) is 13.2 Å². The van der Waals surface area contributed by atoms with E-state index in [2.05, 4.69) is 43.5 Å². The number of ether oxygens (including phenoxy) is 1. The molecule has 0 aromatic heterocycles. The molecule has 2 unspecified atom stereocenters. The zero-order valence-corrected chi connectivity index (χ0v) is 51.3. The summed E-state index contributed by atoms with van der Waals surface area (Å²) in [7, 11) is 0. The highest BCUT2D eigenvalue weighted by Crippen LogP contribution is 2.18. The monoisotopic (exact) mass is 1070 g/mol. The molecule has 2 atom stereocenters. The number of unbranched alkanes of at least 4 members (excludes halogenated alkanes) is 49. The predicted octanol–water partition coefficient (Wildman–Crippen LogP) is 21.9. The Morgan fingerprint density at radius 1 is 0.368 bits per heavy atom. The third-order valence-electron chi connectivity index (χ3n) is 15.9. The van der Waals surface area contributed by atoms with E-state index in [9.17, 15) is 19.8 Å². The fourth-order valence-electron chi connectivity index (χ4n) is 10.7. The molecule has 3 N–H and O–H groups in total. The van der Waals surface area contributed by atoms with Crippen molar-refractivity contribution in [1.82, 2.24) is 5.32 Å². The highest BCUT2D eigenvalue weighted by atomic mass is 16.5. The number of allylic oxidation sites excluding steroid dienone is 5. The summed E-state index contributed by atoms with van der Waals surface area (Å²) in [6.45, 7) is 4.93. The largest absolute Gasteiger partial charge is 0.466 e. The number of carbonyl (C=O) groups excluding carboxylic acids is 2. The summed E-state index contributed by atoms with van der Waals surface area (Å²) in [6.07, 6.45) is 83.6. The number of rotatable bonds is 64. The molecule has 76 heavy (non-hydrogen) atoms. The average Bonchev–Trinajstić information content (AvgIpc) is 3.42. The lowest BCUT2D eigenvalue weighted by Crippen LogP contribution is -2.45. The predicted molar refractivity (Wildman–Crippen MR) is 333 cm³/mol. The van der Waals surface area contributed by atoms with E-state index in [1.807, 2.05) is 6.08 Å². The second-order valence-corrected chi connectivity index (χ2v) is 23.5. The number of carbonyl (C=O) groups is 2. The van der Waals surface area contributed by atoms with Crippen LogP contribution in [0, 0.1) is 0 Å². The van der Waals surface area contributed by atoms with Crippen LogP contribution in [0.5, 0.6) is 0 Å². The van der Waals surface area contributed by atoms with Gasteiger partial charge < -0.3 is 20.3 Å². The number of nitrogens with one attached hydrogen (secondary N) is 1. The van der Waals surface area contributed by atoms with E-state index in [-0.39, 0.29) is 18.5 Å². The SMILES string of the molecule is CCCCCCCCCCCCCCCCC/C=C/C(O)C(CO)NC(=O)CCCCCCCCCCCCCCC/C=C\C/C=C\CCCCCCCCCCCOC(=O)CCCCCCCCCCCCCCC. The van der Waals surface area contributed by atoms with Crippen molar-refractivity contribution >= 4 is 11.9 Å². The molecule has 6 heteroatoms. The van der Waals surface area contributed by atoms with Gasteiger partial charge in [0.15, 0.2) is 0 Å². The molecule has 0 aliphatic carbocycles. The maximum Gasteiger partial charge on any atom is 0.305 e. The van der Waals surface area contributed by atoms with E-state index in [4.69, 9.17) is 4.74 Å². The van der Waals surface area contributed by atoms with Crippen LogP contribution in [-0.2, 0) is 14.3 Å². The molecule has 0 aromatic rings. The molecule has 0 aliphatic rings.